The van der Waals surface area contributed by atoms with Crippen LogP contribution in [0.4, 0.5) is 0 Å². The van der Waals surface area contributed by atoms with Crippen molar-refractivity contribution in [2.75, 3.05) is 0 Å². The molecule has 4 aromatic rings. The van der Waals surface area contributed by atoms with Crippen LogP contribution < -0.4 is 5.43 Å². The Kier molecular flexibility index (Phi) is 6.05. The average molecular weight is 446 g/mol. The zero-order valence-electron chi connectivity index (χ0n) is 17.2. The van der Waals surface area contributed by atoms with Crippen molar-refractivity contribution in [3.63, 3.8) is 0 Å². The highest BCUT2D eigenvalue weighted by atomic mass is 35.5. The molecule has 0 saturated carbocycles. The van der Waals surface area contributed by atoms with Gasteiger partial charge in [0.1, 0.15) is 11.5 Å². The lowest BCUT2D eigenvalue weighted by atomic mass is 10.0. The smallest absolute Gasteiger partial charge is 0.272 e. The van der Waals surface area contributed by atoms with E-state index in [0.29, 0.717) is 44.9 Å². The fraction of sp³-hybridized carbons (Fsp3) is 0.0800. The number of hydrogen-bond donors (Lipinski definition) is 3. The molecule has 3 N–H and O–H groups in total. The van der Waals surface area contributed by atoms with E-state index in [1.807, 2.05) is 43.3 Å². The summed E-state index contributed by atoms with van der Waals surface area (Å²) in [6.45, 7) is 1.84. The van der Waals surface area contributed by atoms with E-state index >= 15 is 0 Å². The van der Waals surface area contributed by atoms with E-state index in [1.54, 1.807) is 18.2 Å². The second-order valence-electron chi connectivity index (χ2n) is 7.14. The summed E-state index contributed by atoms with van der Waals surface area (Å²) in [6, 6.07) is 20.5. The molecule has 0 bridgehead atoms. The summed E-state index contributed by atoms with van der Waals surface area (Å²) >= 11 is 6.13. The maximum atomic E-state index is 13.1. The molecule has 1 aromatic heterocycles. The van der Waals surface area contributed by atoms with Gasteiger partial charge in [0.15, 0.2) is 0 Å². The monoisotopic (exact) mass is 445 g/mol. The molecule has 0 atom stereocenters. The molecule has 32 heavy (non-hydrogen) atoms. The third-order valence-electron chi connectivity index (χ3n) is 5.00. The Bertz CT molecular complexity index is 1350. The minimum Gasteiger partial charge on any atom is -0.508 e. The number of aromatic hydroxyl groups is 2. The predicted molar refractivity (Wildman–Crippen MR) is 126 cm³/mol. The van der Waals surface area contributed by atoms with Crippen molar-refractivity contribution in [2.45, 2.75) is 13.3 Å². The van der Waals surface area contributed by atoms with Crippen LogP contribution in [0.1, 0.15) is 29.3 Å². The van der Waals surface area contributed by atoms with Crippen molar-refractivity contribution in [1.82, 2.24) is 10.4 Å². The van der Waals surface area contributed by atoms with Crippen LogP contribution in [0.2, 0.25) is 5.02 Å². The number of hydrogen-bond acceptors (Lipinski definition) is 5. The molecule has 0 unspecified atom stereocenters. The van der Waals surface area contributed by atoms with E-state index in [-0.39, 0.29) is 11.5 Å². The van der Waals surface area contributed by atoms with Crippen LogP contribution in [0.25, 0.3) is 22.2 Å². The number of phenols is 2. The summed E-state index contributed by atoms with van der Waals surface area (Å²) in [5.74, 6) is -0.454. The molecule has 160 valence electrons. The SMILES string of the molecule is CCC(=NNC(=O)c1cc(-c2cccc(Cl)c2)nc2ccccc12)c1cc(O)ccc1O. The molecule has 0 aliphatic carbocycles. The summed E-state index contributed by atoms with van der Waals surface area (Å²) in [5, 5.41) is 25.3. The lowest BCUT2D eigenvalue weighted by molar-refractivity contribution is 0.0956. The van der Waals surface area contributed by atoms with Crippen molar-refractivity contribution >= 4 is 34.1 Å². The maximum Gasteiger partial charge on any atom is 0.272 e. The van der Waals surface area contributed by atoms with Crippen LogP contribution in [0, 0.1) is 0 Å². The van der Waals surface area contributed by atoms with Crippen LogP contribution in [0.5, 0.6) is 11.5 Å². The summed E-state index contributed by atoms with van der Waals surface area (Å²) in [7, 11) is 0. The first-order valence-corrected chi connectivity index (χ1v) is 10.4. The van der Waals surface area contributed by atoms with Crippen molar-refractivity contribution in [2.24, 2.45) is 5.10 Å². The Morgan fingerprint density at radius 3 is 2.59 bits per heavy atom. The van der Waals surface area contributed by atoms with Gasteiger partial charge < -0.3 is 10.2 Å². The lowest BCUT2D eigenvalue weighted by Crippen LogP contribution is -2.20. The number of hydrazone groups is 1. The third kappa shape index (κ3) is 4.40. The molecule has 7 heteroatoms. The van der Waals surface area contributed by atoms with E-state index in [2.05, 4.69) is 15.5 Å². The van der Waals surface area contributed by atoms with Crippen molar-refractivity contribution < 1.29 is 15.0 Å². The Morgan fingerprint density at radius 1 is 1.00 bits per heavy atom. The Morgan fingerprint density at radius 2 is 1.81 bits per heavy atom. The first kappa shape index (κ1) is 21.3. The first-order valence-electron chi connectivity index (χ1n) is 10.0. The van der Waals surface area contributed by atoms with Crippen LogP contribution >= 0.6 is 11.6 Å². The van der Waals surface area contributed by atoms with Gasteiger partial charge in [-0.3, -0.25) is 4.79 Å². The van der Waals surface area contributed by atoms with Gasteiger partial charge in [0.05, 0.1) is 22.5 Å². The van der Waals surface area contributed by atoms with Crippen molar-refractivity contribution in [3.8, 4) is 22.8 Å². The highest BCUT2D eigenvalue weighted by molar-refractivity contribution is 6.30. The quantitative estimate of drug-likeness (QED) is 0.214. The number of nitrogens with one attached hydrogen (secondary N) is 1. The molecule has 0 radical (unpaired) electrons. The zero-order valence-corrected chi connectivity index (χ0v) is 18.0. The molecule has 1 heterocycles. The fourth-order valence-corrected chi connectivity index (χ4v) is 3.61. The van der Waals surface area contributed by atoms with Crippen molar-refractivity contribution in [1.29, 1.82) is 0 Å². The highest BCUT2D eigenvalue weighted by Gasteiger charge is 2.15. The molecule has 3 aromatic carbocycles. The van der Waals surface area contributed by atoms with E-state index in [1.165, 1.54) is 18.2 Å². The van der Waals surface area contributed by atoms with Gasteiger partial charge >= 0.3 is 0 Å². The molecular weight excluding hydrogens is 426 g/mol. The Balaban J connectivity index is 1.74. The minimum absolute atomic E-state index is 0.00318. The minimum atomic E-state index is -0.419. The molecule has 0 spiro atoms. The number of pyridine rings is 1. The molecule has 6 nitrogen and oxygen atoms in total. The first-order chi connectivity index (χ1) is 15.5. The number of carbonyl (C=O) groups is 1. The number of carbonyl (C=O) groups excluding carboxylic acids is 1. The topological polar surface area (TPSA) is 94.8 Å². The van der Waals surface area contributed by atoms with E-state index in [0.717, 1.165) is 5.56 Å². The van der Waals surface area contributed by atoms with Gasteiger partial charge in [-0.1, -0.05) is 48.9 Å². The van der Waals surface area contributed by atoms with Crippen molar-refractivity contribution in [3.05, 3.63) is 88.9 Å². The number of amides is 1. The van der Waals surface area contributed by atoms with Crippen LogP contribution in [-0.2, 0) is 0 Å². The maximum absolute atomic E-state index is 13.1. The number of para-hydroxylation sites is 1. The number of nitrogens with zero attached hydrogens (tertiary/aromatic N) is 2. The normalized spacial score (nSPS) is 11.5. The lowest BCUT2D eigenvalue weighted by Gasteiger charge is -2.11. The summed E-state index contributed by atoms with van der Waals surface area (Å²) in [6.07, 6.45) is 0.433. The molecule has 0 saturated heterocycles. The Hall–Kier alpha value is -3.90. The second-order valence-corrected chi connectivity index (χ2v) is 7.57. The third-order valence-corrected chi connectivity index (χ3v) is 5.23. The second kappa shape index (κ2) is 9.08. The number of rotatable bonds is 5. The van der Waals surface area contributed by atoms with Crippen LogP contribution in [-0.4, -0.2) is 26.8 Å². The molecule has 0 fully saturated rings. The summed E-state index contributed by atoms with van der Waals surface area (Å²) < 4.78 is 0. The van der Waals surface area contributed by atoms with E-state index in [4.69, 9.17) is 11.6 Å². The molecule has 4 rings (SSSR count). The molecule has 1 amide bonds. The number of phenolic OH excluding ortho intramolecular Hbond substituents is 2. The number of benzene rings is 3. The summed E-state index contributed by atoms with van der Waals surface area (Å²) in [5.41, 5.74) is 5.84. The summed E-state index contributed by atoms with van der Waals surface area (Å²) in [4.78, 5) is 17.8. The van der Waals surface area contributed by atoms with Gasteiger partial charge in [-0.2, -0.15) is 5.10 Å². The molecular formula is C25H20ClN3O3. The largest absolute Gasteiger partial charge is 0.508 e. The van der Waals surface area contributed by atoms with Crippen LogP contribution in [0.15, 0.2) is 77.9 Å². The fourth-order valence-electron chi connectivity index (χ4n) is 3.42. The molecule has 0 aliphatic heterocycles. The van der Waals surface area contributed by atoms with Gasteiger partial charge in [0.25, 0.3) is 5.91 Å². The zero-order chi connectivity index (χ0) is 22.7. The van der Waals surface area contributed by atoms with Crippen LogP contribution in [0.3, 0.4) is 0 Å². The number of fused-ring (bicyclic) bond motifs is 1. The van der Waals surface area contributed by atoms with Gasteiger partial charge in [0, 0.05) is 21.5 Å². The number of aromatic nitrogens is 1. The van der Waals surface area contributed by atoms with Gasteiger partial charge in [-0.05, 0) is 48.9 Å². The van der Waals surface area contributed by atoms with Gasteiger partial charge in [0.2, 0.25) is 0 Å². The predicted octanol–water partition coefficient (Wildman–Crippen LogP) is 5.51. The van der Waals surface area contributed by atoms with E-state index in [9.17, 15) is 15.0 Å². The highest BCUT2D eigenvalue weighted by Crippen LogP contribution is 2.27. The molecule has 0 aliphatic rings. The van der Waals surface area contributed by atoms with E-state index < -0.39 is 5.91 Å². The number of halogens is 1. The van der Waals surface area contributed by atoms with Gasteiger partial charge in [-0.25, -0.2) is 10.4 Å². The van der Waals surface area contributed by atoms with Gasteiger partial charge in [-0.15, -0.1) is 0 Å². The standard InChI is InChI=1S/C25H20ClN3O3/c1-2-21(20-13-17(30)10-11-24(20)31)28-29-25(32)19-14-23(15-6-5-7-16(26)12-15)27-22-9-4-3-8-18(19)22/h3-14,30-31H,2H2,1H3,(H,29,32). The average Bonchev–Trinajstić information content (AvgIpc) is 2.80. The Labute approximate surface area is 189 Å².